The lowest BCUT2D eigenvalue weighted by molar-refractivity contribution is -0.0177. The fourth-order valence-electron chi connectivity index (χ4n) is 5.31. The van der Waals surface area contributed by atoms with Crippen molar-refractivity contribution in [3.8, 4) is 11.5 Å². The Morgan fingerprint density at radius 3 is 2.52 bits per heavy atom. The molecule has 0 fully saturated rings. The van der Waals surface area contributed by atoms with E-state index < -0.39 is 6.04 Å². The Labute approximate surface area is 263 Å². The van der Waals surface area contributed by atoms with Crippen LogP contribution in [-0.4, -0.2) is 91.6 Å². The van der Waals surface area contributed by atoms with Gasteiger partial charge in [-0.3, -0.25) is 9.69 Å². The first-order valence-electron chi connectivity index (χ1n) is 15.7. The van der Waals surface area contributed by atoms with Crippen molar-refractivity contribution in [2.24, 2.45) is 5.92 Å². The summed E-state index contributed by atoms with van der Waals surface area (Å²) in [7, 11) is 3.73. The van der Waals surface area contributed by atoms with Gasteiger partial charge in [-0.15, -0.1) is 0 Å². The zero-order valence-corrected chi connectivity index (χ0v) is 27.5. The molecule has 0 aromatic heterocycles. The van der Waals surface area contributed by atoms with E-state index in [1.165, 1.54) is 5.56 Å². The number of aliphatic hydroxyl groups excluding tert-OH is 1. The number of methoxy groups -OCH3 is 1. The van der Waals surface area contributed by atoms with E-state index in [9.17, 15) is 14.7 Å². The van der Waals surface area contributed by atoms with Crippen LogP contribution in [0.3, 0.4) is 0 Å². The number of fused-ring (bicyclic) bond motifs is 1. The van der Waals surface area contributed by atoms with Crippen LogP contribution in [-0.2, 0) is 11.3 Å². The van der Waals surface area contributed by atoms with Gasteiger partial charge in [-0.25, -0.2) is 4.79 Å². The number of likely N-dealkylation sites (N-methyl/N-ethyl adjacent to an activating group) is 1. The number of rotatable bonds is 9. The number of ether oxygens (including phenoxy) is 3. The van der Waals surface area contributed by atoms with E-state index in [1.54, 1.807) is 30.2 Å². The van der Waals surface area contributed by atoms with Crippen LogP contribution < -0.4 is 20.1 Å². The standard InChI is InChI=1S/C34H52N4O6/c1-23(2)35-34(41)36-28-13-16-31-30(18-28)33(40)38(25(4)22-39)19-24(3)32(43-17-9-8-10-26(5)44-31)21-37(6)20-27-11-14-29(42-7)15-12-27/h11-16,18,23-26,32,39H,8-10,17,19-22H2,1-7H3,(H2,35,36,41)/t24-,25+,26-,32-/m0/s1. The highest BCUT2D eigenvalue weighted by molar-refractivity contribution is 5.99. The zero-order valence-electron chi connectivity index (χ0n) is 27.5. The van der Waals surface area contributed by atoms with Crippen LogP contribution in [0, 0.1) is 5.92 Å². The smallest absolute Gasteiger partial charge is 0.319 e. The third-order valence-corrected chi connectivity index (χ3v) is 7.83. The predicted molar refractivity (Wildman–Crippen MR) is 173 cm³/mol. The van der Waals surface area contributed by atoms with Crippen molar-refractivity contribution >= 4 is 17.6 Å². The number of aliphatic hydroxyl groups is 1. The number of nitrogens with one attached hydrogen (secondary N) is 2. The first-order valence-corrected chi connectivity index (χ1v) is 15.7. The Morgan fingerprint density at radius 2 is 1.86 bits per heavy atom. The number of hydrogen-bond acceptors (Lipinski definition) is 7. The molecule has 10 heteroatoms. The van der Waals surface area contributed by atoms with Gasteiger partial charge in [0.1, 0.15) is 11.5 Å². The second-order valence-electron chi connectivity index (χ2n) is 12.3. The fraction of sp³-hybridized carbons (Fsp3) is 0.588. The van der Waals surface area contributed by atoms with Crippen molar-refractivity contribution in [2.45, 2.75) is 84.7 Å². The van der Waals surface area contributed by atoms with Gasteiger partial charge in [0, 0.05) is 43.9 Å². The van der Waals surface area contributed by atoms with E-state index in [0.29, 0.717) is 36.7 Å². The van der Waals surface area contributed by atoms with Crippen LogP contribution in [0.25, 0.3) is 0 Å². The van der Waals surface area contributed by atoms with E-state index in [2.05, 4.69) is 41.6 Å². The molecule has 0 spiro atoms. The molecule has 3 rings (SSSR count). The maximum absolute atomic E-state index is 14.2. The largest absolute Gasteiger partial charge is 0.497 e. The molecule has 0 bridgehead atoms. The van der Waals surface area contributed by atoms with Gasteiger partial charge in [0.15, 0.2) is 0 Å². The van der Waals surface area contributed by atoms with Gasteiger partial charge in [0.05, 0.1) is 37.5 Å². The Kier molecular flexibility index (Phi) is 13.8. The molecular formula is C34H52N4O6. The molecule has 0 unspecified atom stereocenters. The maximum atomic E-state index is 14.2. The summed E-state index contributed by atoms with van der Waals surface area (Å²) in [5.74, 6) is 0.987. The molecule has 3 amide bonds. The molecule has 44 heavy (non-hydrogen) atoms. The van der Waals surface area contributed by atoms with Crippen LogP contribution >= 0.6 is 0 Å². The van der Waals surface area contributed by atoms with Crippen LogP contribution in [0.15, 0.2) is 42.5 Å². The molecule has 0 radical (unpaired) electrons. The first kappa shape index (κ1) is 35.1. The van der Waals surface area contributed by atoms with Gasteiger partial charge < -0.3 is 34.9 Å². The minimum absolute atomic E-state index is 0.0318. The quantitative estimate of drug-likeness (QED) is 0.359. The molecular weight excluding hydrogens is 560 g/mol. The van der Waals surface area contributed by atoms with Crippen molar-refractivity contribution in [2.75, 3.05) is 45.8 Å². The normalized spacial score (nSPS) is 20.8. The molecule has 0 aliphatic carbocycles. The second-order valence-corrected chi connectivity index (χ2v) is 12.3. The van der Waals surface area contributed by atoms with Crippen molar-refractivity contribution in [3.05, 3.63) is 53.6 Å². The molecule has 244 valence electrons. The number of carbonyl (C=O) groups excluding carboxylic acids is 2. The number of urea groups is 1. The summed E-state index contributed by atoms with van der Waals surface area (Å²) in [6.07, 6.45) is 2.37. The maximum Gasteiger partial charge on any atom is 0.319 e. The molecule has 4 atom stereocenters. The van der Waals surface area contributed by atoms with E-state index in [-0.39, 0.29) is 42.7 Å². The molecule has 1 heterocycles. The van der Waals surface area contributed by atoms with Gasteiger partial charge in [-0.05, 0) is 89.9 Å². The predicted octanol–water partition coefficient (Wildman–Crippen LogP) is 5.15. The average Bonchev–Trinajstić information content (AvgIpc) is 2.98. The Balaban J connectivity index is 1.88. The third kappa shape index (κ3) is 10.7. The van der Waals surface area contributed by atoms with Crippen molar-refractivity contribution in [1.29, 1.82) is 0 Å². The van der Waals surface area contributed by atoms with Gasteiger partial charge >= 0.3 is 6.03 Å². The molecule has 3 N–H and O–H groups in total. The highest BCUT2D eigenvalue weighted by Crippen LogP contribution is 2.28. The molecule has 0 saturated heterocycles. The SMILES string of the molecule is COc1ccc(CN(C)C[C@@H]2OCCCC[C@H](C)Oc3ccc(NC(=O)NC(C)C)cc3C(=O)N([C@H](C)CO)C[C@@H]2C)cc1. The van der Waals surface area contributed by atoms with Gasteiger partial charge in [0.25, 0.3) is 5.91 Å². The van der Waals surface area contributed by atoms with E-state index >= 15 is 0 Å². The highest BCUT2D eigenvalue weighted by Gasteiger charge is 2.30. The van der Waals surface area contributed by atoms with E-state index in [0.717, 1.165) is 31.6 Å². The van der Waals surface area contributed by atoms with Crippen LogP contribution in [0.5, 0.6) is 11.5 Å². The first-order chi connectivity index (χ1) is 21.0. The van der Waals surface area contributed by atoms with E-state index in [1.807, 2.05) is 39.8 Å². The monoisotopic (exact) mass is 612 g/mol. The van der Waals surface area contributed by atoms with Crippen LogP contribution in [0.1, 0.15) is 69.8 Å². The molecule has 1 aliphatic rings. The Bertz CT molecular complexity index is 1190. The van der Waals surface area contributed by atoms with Crippen molar-refractivity contribution in [3.63, 3.8) is 0 Å². The summed E-state index contributed by atoms with van der Waals surface area (Å²) >= 11 is 0. The average molecular weight is 613 g/mol. The minimum Gasteiger partial charge on any atom is -0.497 e. The summed E-state index contributed by atoms with van der Waals surface area (Å²) in [6.45, 7) is 11.9. The lowest BCUT2D eigenvalue weighted by Gasteiger charge is -2.36. The zero-order chi connectivity index (χ0) is 32.2. The van der Waals surface area contributed by atoms with Gasteiger partial charge in [0.2, 0.25) is 0 Å². The van der Waals surface area contributed by atoms with Gasteiger partial charge in [-0.2, -0.15) is 0 Å². The van der Waals surface area contributed by atoms with Crippen molar-refractivity contribution in [1.82, 2.24) is 15.1 Å². The van der Waals surface area contributed by atoms with E-state index in [4.69, 9.17) is 14.2 Å². The lowest BCUT2D eigenvalue weighted by atomic mass is 10.0. The molecule has 2 aromatic rings. The molecule has 1 aliphatic heterocycles. The fourth-order valence-corrected chi connectivity index (χ4v) is 5.31. The number of anilines is 1. The highest BCUT2D eigenvalue weighted by atomic mass is 16.5. The Morgan fingerprint density at radius 1 is 1.14 bits per heavy atom. The summed E-state index contributed by atoms with van der Waals surface area (Å²) in [5, 5.41) is 15.8. The number of carbonyl (C=O) groups is 2. The van der Waals surface area contributed by atoms with Gasteiger partial charge in [-0.1, -0.05) is 19.1 Å². The van der Waals surface area contributed by atoms with Crippen LogP contribution in [0.2, 0.25) is 0 Å². The Hall–Kier alpha value is -3.34. The second kappa shape index (κ2) is 17.2. The number of hydrogen-bond donors (Lipinski definition) is 3. The molecule has 10 nitrogen and oxygen atoms in total. The summed E-state index contributed by atoms with van der Waals surface area (Å²) in [6, 6.07) is 12.4. The molecule has 2 aromatic carbocycles. The topological polar surface area (TPSA) is 113 Å². The minimum atomic E-state index is -0.443. The number of benzene rings is 2. The number of amides is 3. The lowest BCUT2D eigenvalue weighted by Crippen LogP contribution is -2.47. The summed E-state index contributed by atoms with van der Waals surface area (Å²) < 4.78 is 18.1. The van der Waals surface area contributed by atoms with Crippen molar-refractivity contribution < 1.29 is 28.9 Å². The number of nitrogens with zero attached hydrogens (tertiary/aromatic N) is 2. The summed E-state index contributed by atoms with van der Waals surface area (Å²) in [5.41, 5.74) is 2.00. The van der Waals surface area contributed by atoms with Crippen LogP contribution in [0.4, 0.5) is 10.5 Å². The third-order valence-electron chi connectivity index (χ3n) is 7.83. The summed E-state index contributed by atoms with van der Waals surface area (Å²) in [4.78, 5) is 30.6. The molecule has 0 saturated carbocycles.